The van der Waals surface area contributed by atoms with E-state index in [0.717, 1.165) is 42.1 Å². The number of aliphatic hydroxyl groups is 1. The highest BCUT2D eigenvalue weighted by Crippen LogP contribution is 2.49. The van der Waals surface area contributed by atoms with Gasteiger partial charge < -0.3 is 30.4 Å². The molecule has 1 aromatic carbocycles. The molecule has 2 amide bonds. The third-order valence-electron chi connectivity index (χ3n) is 7.20. The fourth-order valence-electron chi connectivity index (χ4n) is 5.05. The first-order valence-electron chi connectivity index (χ1n) is 13.5. The maximum Gasteiger partial charge on any atom is 0.233 e. The third kappa shape index (κ3) is 7.82. The average Bonchev–Trinajstić information content (AvgIpc) is 3.39. The Hall–Kier alpha value is -2.44. The molecule has 3 atom stereocenters. The zero-order valence-corrected chi connectivity index (χ0v) is 24.3. The highest BCUT2D eigenvalue weighted by atomic mass is 32.2. The number of methoxy groups -OCH3 is 1. The number of hydrogen-bond acceptors (Lipinski definition) is 7. The van der Waals surface area contributed by atoms with E-state index in [1.807, 2.05) is 13.8 Å². The first-order chi connectivity index (χ1) is 18.7. The Bertz CT molecular complexity index is 1120. The van der Waals surface area contributed by atoms with Gasteiger partial charge in [-0.05, 0) is 56.3 Å². The number of likely N-dealkylation sites (N-methyl/N-ethyl adjacent to an activating group) is 1. The minimum Gasteiger partial charge on any atom is -0.384 e. The molecular formula is C28H42FN5O4S. The summed E-state index contributed by atoms with van der Waals surface area (Å²) in [6.45, 7) is 12.1. The van der Waals surface area contributed by atoms with Crippen LogP contribution in [0.2, 0.25) is 0 Å². The number of amides is 2. The summed E-state index contributed by atoms with van der Waals surface area (Å²) in [4.78, 5) is 30.9. The number of thioether (sulfide) groups is 1. The quantitative estimate of drug-likeness (QED) is 0.157. The van der Waals surface area contributed by atoms with Crippen LogP contribution in [0.15, 0.2) is 18.2 Å². The van der Waals surface area contributed by atoms with Gasteiger partial charge in [-0.25, -0.2) is 4.39 Å². The third-order valence-corrected chi connectivity index (χ3v) is 8.51. The van der Waals surface area contributed by atoms with E-state index in [2.05, 4.69) is 39.7 Å². The minimum atomic E-state index is -0.876. The molecule has 0 bridgehead atoms. The average molecular weight is 564 g/mol. The van der Waals surface area contributed by atoms with Gasteiger partial charge in [0.1, 0.15) is 12.0 Å². The number of aromatic amines is 1. The van der Waals surface area contributed by atoms with E-state index in [9.17, 15) is 19.1 Å². The molecule has 2 aromatic rings. The molecule has 1 aromatic heterocycles. The zero-order chi connectivity index (χ0) is 28.5. The summed E-state index contributed by atoms with van der Waals surface area (Å²) in [5.74, 6) is -0.814. The molecule has 216 valence electrons. The van der Waals surface area contributed by atoms with Gasteiger partial charge in [0.2, 0.25) is 11.8 Å². The van der Waals surface area contributed by atoms with Crippen LogP contribution >= 0.6 is 11.8 Å². The topological polar surface area (TPSA) is 119 Å². The van der Waals surface area contributed by atoms with Gasteiger partial charge in [-0.1, -0.05) is 13.8 Å². The normalized spacial score (nSPS) is 16.3. The van der Waals surface area contributed by atoms with Gasteiger partial charge >= 0.3 is 0 Å². The smallest absolute Gasteiger partial charge is 0.233 e. The van der Waals surface area contributed by atoms with Crippen LogP contribution in [-0.2, 0) is 14.3 Å². The lowest BCUT2D eigenvalue weighted by Gasteiger charge is -2.23. The predicted molar refractivity (Wildman–Crippen MR) is 153 cm³/mol. The fourth-order valence-corrected chi connectivity index (χ4v) is 6.39. The van der Waals surface area contributed by atoms with Crippen molar-refractivity contribution in [1.29, 1.82) is 0 Å². The first kappa shape index (κ1) is 31.1. The molecule has 2 heterocycles. The van der Waals surface area contributed by atoms with Crippen molar-refractivity contribution in [3.63, 3.8) is 0 Å². The highest BCUT2D eigenvalue weighted by molar-refractivity contribution is 7.99. The zero-order valence-electron chi connectivity index (χ0n) is 23.5. The number of rotatable bonds is 16. The Labute approximate surface area is 234 Å². The number of carbonyl (C=O) groups excluding carboxylic acids is 2. The molecule has 0 spiro atoms. The van der Waals surface area contributed by atoms with Crippen molar-refractivity contribution < 1.29 is 23.8 Å². The lowest BCUT2D eigenvalue weighted by molar-refractivity contribution is -0.122. The number of ether oxygens (including phenoxy) is 1. The van der Waals surface area contributed by atoms with Gasteiger partial charge in [0, 0.05) is 61.6 Å². The Morgan fingerprint density at radius 2 is 2.00 bits per heavy atom. The molecule has 0 radical (unpaired) electrons. The van der Waals surface area contributed by atoms with E-state index in [-0.39, 0.29) is 23.5 Å². The number of fused-ring (bicyclic) bond motifs is 1. The van der Waals surface area contributed by atoms with Gasteiger partial charge in [0.05, 0.1) is 17.8 Å². The van der Waals surface area contributed by atoms with E-state index in [1.54, 1.807) is 13.2 Å². The number of nitrogens with one attached hydrogen (secondary N) is 4. The largest absolute Gasteiger partial charge is 0.384 e. The highest BCUT2D eigenvalue weighted by Gasteiger charge is 2.40. The molecule has 0 saturated heterocycles. The van der Waals surface area contributed by atoms with E-state index < -0.39 is 18.0 Å². The van der Waals surface area contributed by atoms with E-state index in [1.165, 1.54) is 23.9 Å². The molecule has 0 saturated carbocycles. The maximum atomic E-state index is 14.2. The maximum absolute atomic E-state index is 14.2. The van der Waals surface area contributed by atoms with Crippen molar-refractivity contribution in [3.8, 4) is 0 Å². The van der Waals surface area contributed by atoms with Crippen LogP contribution in [0.4, 0.5) is 10.1 Å². The Morgan fingerprint density at radius 3 is 2.69 bits per heavy atom. The fraction of sp³-hybridized carbons (Fsp3) is 0.571. The number of hydrogen-bond donors (Lipinski definition) is 5. The van der Waals surface area contributed by atoms with Crippen LogP contribution < -0.4 is 16.0 Å². The molecule has 3 rings (SSSR count). The molecule has 39 heavy (non-hydrogen) atoms. The molecular weight excluding hydrogens is 521 g/mol. The standard InChI is InChI=1S/C28H42FN5O4S/c1-6-34(7-2)13-11-31-27(36)23-17(3)25(32-18(23)4)26(39-15-12-30-22(35)10-14-38-5)24-20-16-19(29)8-9-21(20)33-28(24)37/h8-9,16,24,26-27,31-32,36H,6-7,10-15H2,1-5H3,(H,30,35)(H,33,37). The second kappa shape index (κ2) is 14.8. The number of H-pyrrole nitrogens is 1. The van der Waals surface area contributed by atoms with Gasteiger partial charge in [0.15, 0.2) is 0 Å². The molecule has 5 N–H and O–H groups in total. The number of aryl methyl sites for hydroxylation is 1. The molecule has 3 unspecified atom stereocenters. The number of carbonyl (C=O) groups is 2. The first-order valence-corrected chi connectivity index (χ1v) is 14.6. The Kier molecular flexibility index (Phi) is 11.8. The van der Waals surface area contributed by atoms with Crippen molar-refractivity contribution in [3.05, 3.63) is 52.1 Å². The van der Waals surface area contributed by atoms with Gasteiger partial charge in [-0.3, -0.25) is 14.9 Å². The Balaban J connectivity index is 1.84. The number of aromatic nitrogens is 1. The van der Waals surface area contributed by atoms with Crippen molar-refractivity contribution in [1.82, 2.24) is 20.5 Å². The second-order valence-electron chi connectivity index (χ2n) is 9.67. The summed E-state index contributed by atoms with van der Waals surface area (Å²) >= 11 is 1.52. The van der Waals surface area contributed by atoms with Crippen molar-refractivity contribution >= 4 is 29.3 Å². The van der Waals surface area contributed by atoms with Gasteiger partial charge in [-0.15, -0.1) is 11.8 Å². The summed E-state index contributed by atoms with van der Waals surface area (Å²) in [6.07, 6.45) is -0.599. The second-order valence-corrected chi connectivity index (χ2v) is 10.9. The van der Waals surface area contributed by atoms with Crippen LogP contribution in [0.1, 0.15) is 65.7 Å². The molecule has 0 aliphatic carbocycles. The number of anilines is 1. The van der Waals surface area contributed by atoms with Crippen LogP contribution in [0.5, 0.6) is 0 Å². The van der Waals surface area contributed by atoms with Gasteiger partial charge in [-0.2, -0.15) is 0 Å². The lowest BCUT2D eigenvalue weighted by atomic mass is 9.93. The lowest BCUT2D eigenvalue weighted by Crippen LogP contribution is -2.33. The van der Waals surface area contributed by atoms with E-state index in [4.69, 9.17) is 4.74 Å². The number of aliphatic hydroxyl groups excluding tert-OH is 1. The van der Waals surface area contributed by atoms with Crippen LogP contribution in [0.3, 0.4) is 0 Å². The van der Waals surface area contributed by atoms with Crippen molar-refractivity contribution in [2.45, 2.75) is 51.5 Å². The predicted octanol–water partition coefficient (Wildman–Crippen LogP) is 3.36. The number of nitrogens with zero attached hydrogens (tertiary/aromatic N) is 1. The van der Waals surface area contributed by atoms with Crippen LogP contribution in [0, 0.1) is 19.7 Å². The summed E-state index contributed by atoms with van der Waals surface area (Å²) in [5.41, 5.74) is 4.43. The summed E-state index contributed by atoms with van der Waals surface area (Å²) in [5, 5.41) is 19.6. The summed E-state index contributed by atoms with van der Waals surface area (Å²) < 4.78 is 19.2. The minimum absolute atomic E-state index is 0.104. The summed E-state index contributed by atoms with van der Waals surface area (Å²) in [7, 11) is 1.55. The molecule has 11 heteroatoms. The van der Waals surface area contributed by atoms with Crippen LogP contribution in [-0.4, -0.2) is 79.0 Å². The monoisotopic (exact) mass is 563 g/mol. The molecule has 0 fully saturated rings. The molecule has 1 aliphatic heterocycles. The van der Waals surface area contributed by atoms with Crippen LogP contribution in [0.25, 0.3) is 0 Å². The number of benzene rings is 1. The molecule has 9 nitrogen and oxygen atoms in total. The van der Waals surface area contributed by atoms with E-state index in [0.29, 0.717) is 36.7 Å². The molecule has 1 aliphatic rings. The van der Waals surface area contributed by atoms with Crippen molar-refractivity contribution in [2.75, 3.05) is 57.5 Å². The number of halogens is 1. The Morgan fingerprint density at radius 1 is 1.26 bits per heavy atom. The van der Waals surface area contributed by atoms with Crippen molar-refractivity contribution in [2.24, 2.45) is 0 Å². The van der Waals surface area contributed by atoms with E-state index >= 15 is 0 Å². The summed E-state index contributed by atoms with van der Waals surface area (Å²) in [6, 6.07) is 4.33. The van der Waals surface area contributed by atoms with Gasteiger partial charge in [0.25, 0.3) is 0 Å². The SMILES string of the molecule is CCN(CC)CCNC(O)c1c(C)[nH]c(C(SCCNC(=O)CCOC)C2C(=O)Nc3ccc(F)cc32)c1C.